The van der Waals surface area contributed by atoms with E-state index in [1.165, 1.54) is 4.88 Å². The highest BCUT2D eigenvalue weighted by molar-refractivity contribution is 8.00. The molecule has 2 rings (SSSR count). The van der Waals surface area contributed by atoms with Crippen LogP contribution in [0, 0.1) is 0 Å². The maximum atomic E-state index is 5.32. The van der Waals surface area contributed by atoms with Crippen LogP contribution in [-0.4, -0.2) is 33.5 Å². The Kier molecular flexibility index (Phi) is 4.07. The van der Waals surface area contributed by atoms with Crippen LogP contribution >= 0.6 is 23.1 Å². The molecule has 1 aliphatic rings. The van der Waals surface area contributed by atoms with Crippen molar-refractivity contribution in [2.45, 2.75) is 30.9 Å². The van der Waals surface area contributed by atoms with Crippen molar-refractivity contribution in [2.24, 2.45) is 5.84 Å². The summed E-state index contributed by atoms with van der Waals surface area (Å²) in [6.45, 7) is 7.92. The van der Waals surface area contributed by atoms with Gasteiger partial charge in [-0.05, 0) is 0 Å². The smallest absolute Gasteiger partial charge is 0.197 e. The standard InChI is InChI=1S/C10H18N4S2/c1-7-4-14(5-8(2)15-7)6-9-3-12-10(13-11)16-9/h3,7-8H,4-6,11H2,1-2H3,(H,12,13). The third-order valence-corrected chi connectivity index (χ3v) is 4.69. The molecule has 0 saturated carbocycles. The summed E-state index contributed by atoms with van der Waals surface area (Å²) in [7, 11) is 0. The van der Waals surface area contributed by atoms with Crippen LogP contribution in [0.3, 0.4) is 0 Å². The summed E-state index contributed by atoms with van der Waals surface area (Å²) >= 11 is 3.71. The quantitative estimate of drug-likeness (QED) is 0.639. The fourth-order valence-corrected chi connectivity index (χ4v) is 4.23. The monoisotopic (exact) mass is 258 g/mol. The van der Waals surface area contributed by atoms with Crippen LogP contribution in [0.25, 0.3) is 0 Å². The molecule has 90 valence electrons. The van der Waals surface area contributed by atoms with Gasteiger partial charge in [0.25, 0.3) is 0 Å². The predicted molar refractivity (Wildman–Crippen MR) is 71.7 cm³/mol. The van der Waals surface area contributed by atoms with Crippen LogP contribution in [0.15, 0.2) is 6.20 Å². The number of rotatable bonds is 3. The lowest BCUT2D eigenvalue weighted by molar-refractivity contribution is 0.265. The molecule has 2 atom stereocenters. The summed E-state index contributed by atoms with van der Waals surface area (Å²) in [5.74, 6) is 5.32. The summed E-state index contributed by atoms with van der Waals surface area (Å²) < 4.78 is 0. The summed E-state index contributed by atoms with van der Waals surface area (Å²) in [4.78, 5) is 7.97. The van der Waals surface area contributed by atoms with E-state index in [0.717, 1.165) is 35.3 Å². The Morgan fingerprint density at radius 2 is 2.19 bits per heavy atom. The van der Waals surface area contributed by atoms with Gasteiger partial charge in [0.2, 0.25) is 0 Å². The second-order valence-corrected chi connectivity index (χ2v) is 7.22. The van der Waals surface area contributed by atoms with Crippen molar-refractivity contribution < 1.29 is 0 Å². The van der Waals surface area contributed by atoms with Gasteiger partial charge < -0.3 is 0 Å². The molecule has 1 aliphatic heterocycles. The first-order valence-electron chi connectivity index (χ1n) is 5.46. The van der Waals surface area contributed by atoms with E-state index < -0.39 is 0 Å². The minimum absolute atomic E-state index is 0.726. The molecule has 0 aliphatic carbocycles. The third-order valence-electron chi connectivity index (χ3n) is 2.55. The van der Waals surface area contributed by atoms with Gasteiger partial charge in [-0.3, -0.25) is 10.3 Å². The third kappa shape index (κ3) is 3.10. The molecular weight excluding hydrogens is 240 g/mol. The van der Waals surface area contributed by atoms with Crippen molar-refractivity contribution in [3.63, 3.8) is 0 Å². The Bertz CT molecular complexity index is 331. The number of thioether (sulfide) groups is 1. The Hall–Kier alpha value is -0.300. The topological polar surface area (TPSA) is 54.2 Å². The van der Waals surface area contributed by atoms with Gasteiger partial charge in [-0.15, -0.1) is 0 Å². The van der Waals surface area contributed by atoms with E-state index in [4.69, 9.17) is 5.84 Å². The number of hydrogen-bond acceptors (Lipinski definition) is 6. The van der Waals surface area contributed by atoms with Crippen LogP contribution in [0.4, 0.5) is 5.13 Å². The highest BCUT2D eigenvalue weighted by Crippen LogP contribution is 2.27. The molecule has 2 unspecified atom stereocenters. The van der Waals surface area contributed by atoms with Crippen molar-refractivity contribution in [1.29, 1.82) is 0 Å². The Labute approximate surface area is 105 Å². The highest BCUT2D eigenvalue weighted by Gasteiger charge is 2.22. The molecule has 1 aromatic rings. The largest absolute Gasteiger partial charge is 0.300 e. The zero-order chi connectivity index (χ0) is 11.5. The van der Waals surface area contributed by atoms with E-state index in [9.17, 15) is 0 Å². The van der Waals surface area contributed by atoms with Gasteiger partial charge in [0.1, 0.15) is 0 Å². The predicted octanol–water partition coefficient (Wildman–Crippen LogP) is 1.75. The second kappa shape index (κ2) is 5.35. The van der Waals surface area contributed by atoms with Crippen molar-refractivity contribution in [3.05, 3.63) is 11.1 Å². The molecule has 1 aromatic heterocycles. The molecule has 0 spiro atoms. The van der Waals surface area contributed by atoms with E-state index >= 15 is 0 Å². The van der Waals surface area contributed by atoms with Crippen molar-refractivity contribution >= 4 is 28.2 Å². The second-order valence-electron chi connectivity index (χ2n) is 4.23. The van der Waals surface area contributed by atoms with Gasteiger partial charge in [-0.1, -0.05) is 25.2 Å². The van der Waals surface area contributed by atoms with Gasteiger partial charge in [-0.2, -0.15) is 11.8 Å². The Morgan fingerprint density at radius 3 is 2.75 bits per heavy atom. The Balaban J connectivity index is 1.93. The normalized spacial score (nSPS) is 26.9. The first-order valence-corrected chi connectivity index (χ1v) is 7.22. The van der Waals surface area contributed by atoms with Gasteiger partial charge in [0.05, 0.1) is 0 Å². The summed E-state index contributed by atoms with van der Waals surface area (Å²) in [5, 5.41) is 2.25. The van der Waals surface area contributed by atoms with Crippen LogP contribution in [0.5, 0.6) is 0 Å². The number of aromatic nitrogens is 1. The Morgan fingerprint density at radius 1 is 1.50 bits per heavy atom. The summed E-state index contributed by atoms with van der Waals surface area (Å²) in [6, 6.07) is 0. The molecule has 0 bridgehead atoms. The highest BCUT2D eigenvalue weighted by atomic mass is 32.2. The van der Waals surface area contributed by atoms with Gasteiger partial charge >= 0.3 is 0 Å². The van der Waals surface area contributed by atoms with E-state index in [2.05, 4.69) is 40.9 Å². The molecule has 6 heteroatoms. The first-order chi connectivity index (χ1) is 7.67. The number of thiazole rings is 1. The average molecular weight is 258 g/mol. The zero-order valence-corrected chi connectivity index (χ0v) is 11.3. The SMILES string of the molecule is CC1CN(Cc2cnc(NN)s2)CC(C)S1. The fraction of sp³-hybridized carbons (Fsp3) is 0.700. The van der Waals surface area contributed by atoms with Gasteiger partial charge in [-0.25, -0.2) is 10.8 Å². The van der Waals surface area contributed by atoms with Gasteiger partial charge in [0.15, 0.2) is 5.13 Å². The number of nitrogens with zero attached hydrogens (tertiary/aromatic N) is 2. The van der Waals surface area contributed by atoms with Gasteiger partial charge in [0, 0.05) is 41.2 Å². The molecule has 0 radical (unpaired) electrons. The van der Waals surface area contributed by atoms with E-state index in [0.29, 0.717) is 0 Å². The van der Waals surface area contributed by atoms with Crippen molar-refractivity contribution in [2.75, 3.05) is 18.5 Å². The van der Waals surface area contributed by atoms with Crippen LogP contribution in [0.1, 0.15) is 18.7 Å². The molecular formula is C10H18N4S2. The van der Waals surface area contributed by atoms with Crippen LogP contribution in [-0.2, 0) is 6.54 Å². The molecule has 1 saturated heterocycles. The number of hydrogen-bond donors (Lipinski definition) is 2. The number of nitrogens with one attached hydrogen (secondary N) is 1. The molecule has 0 amide bonds. The van der Waals surface area contributed by atoms with Crippen molar-refractivity contribution in [3.8, 4) is 0 Å². The lowest BCUT2D eigenvalue weighted by Crippen LogP contribution is -2.39. The molecule has 2 heterocycles. The minimum atomic E-state index is 0.726. The van der Waals surface area contributed by atoms with Crippen molar-refractivity contribution in [1.82, 2.24) is 9.88 Å². The zero-order valence-electron chi connectivity index (χ0n) is 9.64. The minimum Gasteiger partial charge on any atom is -0.300 e. The fourth-order valence-electron chi connectivity index (χ4n) is 2.08. The number of anilines is 1. The van der Waals surface area contributed by atoms with E-state index in [1.807, 2.05) is 6.20 Å². The number of nitrogens with two attached hydrogens (primary N) is 1. The molecule has 4 nitrogen and oxygen atoms in total. The summed E-state index contributed by atoms with van der Waals surface area (Å²) in [6.07, 6.45) is 1.91. The first kappa shape index (κ1) is 12.2. The molecule has 1 fully saturated rings. The molecule has 16 heavy (non-hydrogen) atoms. The number of hydrazine groups is 1. The van der Waals surface area contributed by atoms with Crippen LogP contribution < -0.4 is 11.3 Å². The van der Waals surface area contributed by atoms with Crippen LogP contribution in [0.2, 0.25) is 0 Å². The van der Waals surface area contributed by atoms with E-state index in [-0.39, 0.29) is 0 Å². The maximum absolute atomic E-state index is 5.32. The lowest BCUT2D eigenvalue weighted by Gasteiger charge is -2.34. The molecule has 0 aromatic carbocycles. The number of nitrogen functional groups attached to an aromatic ring is 1. The average Bonchev–Trinajstić information content (AvgIpc) is 2.64. The summed E-state index contributed by atoms with van der Waals surface area (Å²) in [5.41, 5.74) is 2.59. The maximum Gasteiger partial charge on any atom is 0.197 e. The molecule has 3 N–H and O–H groups in total. The lowest BCUT2D eigenvalue weighted by atomic mass is 10.3. The van der Waals surface area contributed by atoms with E-state index in [1.54, 1.807) is 11.3 Å².